The van der Waals surface area contributed by atoms with Crippen molar-refractivity contribution in [3.05, 3.63) is 12.4 Å². The van der Waals surface area contributed by atoms with Crippen molar-refractivity contribution >= 4 is 11.8 Å². The Kier molecular flexibility index (Phi) is 4.07. The van der Waals surface area contributed by atoms with Gasteiger partial charge < -0.3 is 10.3 Å². The summed E-state index contributed by atoms with van der Waals surface area (Å²) in [6, 6.07) is 0.310. The summed E-state index contributed by atoms with van der Waals surface area (Å²) in [4.78, 5) is 4.40. The van der Waals surface area contributed by atoms with Gasteiger partial charge in [-0.2, -0.15) is 0 Å². The number of nitrogens with zero attached hydrogens (tertiary/aromatic N) is 2. The standard InChI is InChI=1S/C14H25N3S/c1-14(2,3)10-5-6-11(15)12(9-10)18-13-16-7-8-17(13)4/h7-8,10-12H,5-6,9,15H2,1-4H3. The van der Waals surface area contributed by atoms with Crippen LogP contribution >= 0.6 is 11.8 Å². The van der Waals surface area contributed by atoms with Gasteiger partial charge in [0.2, 0.25) is 0 Å². The van der Waals surface area contributed by atoms with Crippen LogP contribution < -0.4 is 5.73 Å². The summed E-state index contributed by atoms with van der Waals surface area (Å²) in [6.45, 7) is 7.03. The number of hydrogen-bond donors (Lipinski definition) is 1. The van der Waals surface area contributed by atoms with Crippen molar-refractivity contribution in [2.75, 3.05) is 0 Å². The number of aryl methyl sites for hydroxylation is 1. The highest BCUT2D eigenvalue weighted by atomic mass is 32.2. The molecule has 0 amide bonds. The second kappa shape index (κ2) is 5.25. The Morgan fingerprint density at radius 3 is 2.67 bits per heavy atom. The lowest BCUT2D eigenvalue weighted by atomic mass is 9.71. The lowest BCUT2D eigenvalue weighted by Gasteiger charge is -2.40. The third-order valence-corrected chi connectivity index (χ3v) is 5.55. The fourth-order valence-corrected chi connectivity index (χ4v) is 3.93. The molecule has 4 heteroatoms. The van der Waals surface area contributed by atoms with E-state index in [0.717, 1.165) is 17.5 Å². The molecule has 1 saturated carbocycles. The zero-order valence-electron chi connectivity index (χ0n) is 11.9. The van der Waals surface area contributed by atoms with E-state index in [1.54, 1.807) is 0 Å². The van der Waals surface area contributed by atoms with E-state index in [-0.39, 0.29) is 0 Å². The lowest BCUT2D eigenvalue weighted by Crippen LogP contribution is -2.41. The summed E-state index contributed by atoms with van der Waals surface area (Å²) < 4.78 is 2.08. The molecule has 1 aliphatic carbocycles. The molecule has 1 aromatic heterocycles. The van der Waals surface area contributed by atoms with Crippen molar-refractivity contribution in [1.29, 1.82) is 0 Å². The van der Waals surface area contributed by atoms with Crippen LogP contribution in [-0.4, -0.2) is 20.8 Å². The molecule has 3 unspecified atom stereocenters. The molecule has 2 N–H and O–H groups in total. The number of rotatable bonds is 2. The molecule has 0 spiro atoms. The van der Waals surface area contributed by atoms with Gasteiger partial charge >= 0.3 is 0 Å². The average Bonchev–Trinajstić information content (AvgIpc) is 2.66. The Hall–Kier alpha value is -0.480. The van der Waals surface area contributed by atoms with Crippen LogP contribution in [0.15, 0.2) is 17.6 Å². The van der Waals surface area contributed by atoms with Crippen LogP contribution in [0.25, 0.3) is 0 Å². The van der Waals surface area contributed by atoms with Crippen molar-refractivity contribution in [2.24, 2.45) is 24.1 Å². The maximum absolute atomic E-state index is 6.29. The maximum Gasteiger partial charge on any atom is 0.167 e. The first-order valence-electron chi connectivity index (χ1n) is 6.77. The Morgan fingerprint density at radius 1 is 1.39 bits per heavy atom. The van der Waals surface area contributed by atoms with Crippen LogP contribution in [0.2, 0.25) is 0 Å². The third-order valence-electron chi connectivity index (χ3n) is 4.10. The maximum atomic E-state index is 6.29. The van der Waals surface area contributed by atoms with E-state index in [4.69, 9.17) is 5.73 Å². The normalized spacial score (nSPS) is 29.5. The number of thioether (sulfide) groups is 1. The molecule has 0 saturated heterocycles. The summed E-state index contributed by atoms with van der Waals surface area (Å²) in [7, 11) is 2.05. The molecular weight excluding hydrogens is 242 g/mol. The molecule has 3 nitrogen and oxygen atoms in total. The van der Waals surface area contributed by atoms with Crippen LogP contribution in [0.4, 0.5) is 0 Å². The molecular formula is C14H25N3S. The van der Waals surface area contributed by atoms with Crippen LogP contribution in [0.1, 0.15) is 40.0 Å². The number of nitrogens with two attached hydrogens (primary N) is 1. The fourth-order valence-electron chi connectivity index (χ4n) is 2.68. The molecule has 1 aromatic rings. The summed E-state index contributed by atoms with van der Waals surface area (Å²) in [5, 5.41) is 1.59. The zero-order valence-corrected chi connectivity index (χ0v) is 12.7. The van der Waals surface area contributed by atoms with Gasteiger partial charge in [0.05, 0.1) is 0 Å². The molecule has 2 rings (SSSR count). The van der Waals surface area contributed by atoms with Crippen molar-refractivity contribution in [3.8, 4) is 0 Å². The first-order valence-corrected chi connectivity index (χ1v) is 7.65. The largest absolute Gasteiger partial charge is 0.329 e. The van der Waals surface area contributed by atoms with Gasteiger partial charge in [-0.05, 0) is 30.6 Å². The van der Waals surface area contributed by atoms with Crippen molar-refractivity contribution < 1.29 is 0 Å². The Labute approximate surface area is 115 Å². The van der Waals surface area contributed by atoms with Crippen LogP contribution in [0.3, 0.4) is 0 Å². The molecule has 1 heterocycles. The average molecular weight is 267 g/mol. The van der Waals surface area contributed by atoms with Crippen molar-refractivity contribution in [3.63, 3.8) is 0 Å². The summed E-state index contributed by atoms with van der Waals surface area (Å²) >= 11 is 1.85. The van der Waals surface area contributed by atoms with Crippen LogP contribution in [0, 0.1) is 11.3 Å². The minimum absolute atomic E-state index is 0.310. The lowest BCUT2D eigenvalue weighted by molar-refractivity contribution is 0.174. The highest BCUT2D eigenvalue weighted by Crippen LogP contribution is 2.42. The van der Waals surface area contributed by atoms with Crippen molar-refractivity contribution in [2.45, 2.75) is 56.5 Å². The minimum atomic E-state index is 0.310. The molecule has 0 aromatic carbocycles. The van der Waals surface area contributed by atoms with E-state index < -0.39 is 0 Å². The Bertz CT molecular complexity index is 394. The molecule has 3 atom stereocenters. The minimum Gasteiger partial charge on any atom is -0.329 e. The van der Waals surface area contributed by atoms with E-state index >= 15 is 0 Å². The van der Waals surface area contributed by atoms with E-state index in [0.29, 0.717) is 16.7 Å². The summed E-state index contributed by atoms with van der Waals surface area (Å²) in [5.74, 6) is 0.773. The number of aromatic nitrogens is 2. The SMILES string of the molecule is Cn1ccnc1SC1CC(C(C)(C)C)CCC1N. The predicted molar refractivity (Wildman–Crippen MR) is 77.6 cm³/mol. The molecule has 18 heavy (non-hydrogen) atoms. The number of imidazole rings is 1. The van der Waals surface area contributed by atoms with Crippen LogP contribution in [0.5, 0.6) is 0 Å². The predicted octanol–water partition coefficient (Wildman–Crippen LogP) is 3.05. The first kappa shape index (κ1) is 13.9. The summed E-state index contributed by atoms with van der Waals surface area (Å²) in [5.41, 5.74) is 6.68. The van der Waals surface area contributed by atoms with E-state index in [2.05, 4.69) is 30.3 Å². The Balaban J connectivity index is 2.04. The van der Waals surface area contributed by atoms with Gasteiger partial charge in [-0.1, -0.05) is 32.5 Å². The molecule has 0 radical (unpaired) electrons. The first-order chi connectivity index (χ1) is 8.38. The fraction of sp³-hybridized carbons (Fsp3) is 0.786. The van der Waals surface area contributed by atoms with Crippen molar-refractivity contribution in [1.82, 2.24) is 9.55 Å². The highest BCUT2D eigenvalue weighted by molar-refractivity contribution is 7.99. The highest BCUT2D eigenvalue weighted by Gasteiger charge is 2.35. The van der Waals surface area contributed by atoms with E-state index in [1.807, 2.05) is 31.2 Å². The zero-order chi connectivity index (χ0) is 13.3. The molecule has 0 bridgehead atoms. The van der Waals surface area contributed by atoms with Gasteiger partial charge in [0, 0.05) is 30.7 Å². The van der Waals surface area contributed by atoms with Gasteiger partial charge in [-0.15, -0.1) is 0 Å². The quantitative estimate of drug-likeness (QED) is 0.895. The summed E-state index contributed by atoms with van der Waals surface area (Å²) in [6.07, 6.45) is 7.48. The van der Waals surface area contributed by atoms with E-state index in [9.17, 15) is 0 Å². The monoisotopic (exact) mass is 267 g/mol. The van der Waals surface area contributed by atoms with Gasteiger partial charge in [-0.3, -0.25) is 0 Å². The third kappa shape index (κ3) is 3.09. The van der Waals surface area contributed by atoms with Gasteiger partial charge in [0.15, 0.2) is 5.16 Å². The van der Waals surface area contributed by atoms with Gasteiger partial charge in [0.1, 0.15) is 0 Å². The number of hydrogen-bond acceptors (Lipinski definition) is 3. The second-order valence-corrected chi connectivity index (χ2v) is 7.72. The Morgan fingerprint density at radius 2 is 2.11 bits per heavy atom. The van der Waals surface area contributed by atoms with E-state index in [1.165, 1.54) is 12.8 Å². The molecule has 1 fully saturated rings. The van der Waals surface area contributed by atoms with Gasteiger partial charge in [0.25, 0.3) is 0 Å². The second-order valence-electron chi connectivity index (χ2n) is 6.52. The topological polar surface area (TPSA) is 43.8 Å². The van der Waals surface area contributed by atoms with Crippen LogP contribution in [-0.2, 0) is 7.05 Å². The molecule has 102 valence electrons. The molecule has 1 aliphatic rings. The smallest absolute Gasteiger partial charge is 0.167 e. The van der Waals surface area contributed by atoms with Gasteiger partial charge in [-0.25, -0.2) is 4.98 Å². The molecule has 0 aliphatic heterocycles.